The smallest absolute Gasteiger partial charge is 0.323 e. The van der Waals surface area contributed by atoms with E-state index in [-0.39, 0.29) is 29.9 Å². The second-order valence-corrected chi connectivity index (χ2v) is 11.8. The van der Waals surface area contributed by atoms with Gasteiger partial charge in [0.1, 0.15) is 17.8 Å². The molecule has 1 aliphatic heterocycles. The first kappa shape index (κ1) is 30.5. The Morgan fingerprint density at radius 1 is 1.10 bits per heavy atom. The maximum atomic E-state index is 13.5. The molecule has 1 saturated carbocycles. The van der Waals surface area contributed by atoms with E-state index in [1.165, 1.54) is 0 Å². The van der Waals surface area contributed by atoms with E-state index < -0.39 is 54.2 Å². The zero-order valence-corrected chi connectivity index (χ0v) is 24.1. The molecule has 41 heavy (non-hydrogen) atoms. The fraction of sp³-hybridized carbons (Fsp3) is 0.552. The number of rotatable bonds is 13. The number of esters is 1. The Bertz CT molecular complexity index is 1310. The molecule has 4 rings (SSSR count). The largest absolute Gasteiger partial charge is 0.456 e. The van der Waals surface area contributed by atoms with Crippen LogP contribution in [-0.4, -0.2) is 65.7 Å². The lowest BCUT2D eigenvalue weighted by atomic mass is 9.90. The van der Waals surface area contributed by atoms with Crippen LogP contribution in [0.3, 0.4) is 0 Å². The number of carbonyl (C=O) groups is 5. The number of nitrogens with two attached hydrogens (primary N) is 1. The number of hydrogen-bond donors (Lipinski definition) is 5. The Morgan fingerprint density at radius 2 is 1.85 bits per heavy atom. The maximum Gasteiger partial charge on any atom is 0.323 e. The molecule has 222 valence electrons. The third kappa shape index (κ3) is 8.07. The molecular formula is C29H38ClN5O6. The molecule has 1 aliphatic carbocycles. The fourth-order valence-corrected chi connectivity index (χ4v) is 5.12. The molecule has 2 heterocycles. The van der Waals surface area contributed by atoms with E-state index in [0.29, 0.717) is 29.9 Å². The summed E-state index contributed by atoms with van der Waals surface area (Å²) in [7, 11) is 0. The van der Waals surface area contributed by atoms with Gasteiger partial charge in [0.2, 0.25) is 11.8 Å². The quantitative estimate of drug-likeness (QED) is 0.223. The Morgan fingerprint density at radius 3 is 2.51 bits per heavy atom. The second-order valence-electron chi connectivity index (χ2n) is 11.4. The van der Waals surface area contributed by atoms with E-state index in [9.17, 15) is 24.0 Å². The summed E-state index contributed by atoms with van der Waals surface area (Å²) in [6.07, 6.45) is 3.65. The molecule has 12 heteroatoms. The molecule has 3 amide bonds. The van der Waals surface area contributed by atoms with Crippen LogP contribution in [-0.2, 0) is 23.9 Å². The summed E-state index contributed by atoms with van der Waals surface area (Å²) in [5, 5.41) is 9.57. The Kier molecular flexibility index (Phi) is 10.0. The third-order valence-corrected chi connectivity index (χ3v) is 8.02. The van der Waals surface area contributed by atoms with Gasteiger partial charge in [-0.15, -0.1) is 0 Å². The van der Waals surface area contributed by atoms with Crippen molar-refractivity contribution in [2.75, 3.05) is 13.2 Å². The Hall–Kier alpha value is -3.44. The van der Waals surface area contributed by atoms with Gasteiger partial charge in [-0.1, -0.05) is 50.4 Å². The van der Waals surface area contributed by atoms with E-state index in [2.05, 4.69) is 20.9 Å². The second kappa shape index (κ2) is 13.5. The lowest BCUT2D eigenvalue weighted by Gasteiger charge is -2.28. The van der Waals surface area contributed by atoms with Crippen molar-refractivity contribution in [3.8, 4) is 0 Å². The van der Waals surface area contributed by atoms with Crippen molar-refractivity contribution in [2.45, 2.75) is 70.5 Å². The molecule has 6 N–H and O–H groups in total. The van der Waals surface area contributed by atoms with Gasteiger partial charge < -0.3 is 31.4 Å². The molecule has 11 nitrogen and oxygen atoms in total. The van der Waals surface area contributed by atoms with Gasteiger partial charge in [-0.25, -0.2) is 0 Å². The van der Waals surface area contributed by atoms with Crippen molar-refractivity contribution in [3.63, 3.8) is 0 Å². The van der Waals surface area contributed by atoms with E-state index in [1.54, 1.807) is 32.0 Å². The lowest BCUT2D eigenvalue weighted by Crippen LogP contribution is -2.54. The average molecular weight is 588 g/mol. The molecule has 1 unspecified atom stereocenters. The number of hydrogen-bond acceptors (Lipinski definition) is 7. The van der Waals surface area contributed by atoms with Gasteiger partial charge in [-0.2, -0.15) is 0 Å². The van der Waals surface area contributed by atoms with Crippen molar-refractivity contribution in [1.29, 1.82) is 0 Å². The van der Waals surface area contributed by atoms with Gasteiger partial charge in [0.15, 0.2) is 12.4 Å². The molecule has 0 bridgehead atoms. The minimum Gasteiger partial charge on any atom is -0.456 e. The summed E-state index contributed by atoms with van der Waals surface area (Å²) in [5.41, 5.74) is 6.70. The number of aromatic nitrogens is 1. The molecule has 2 aromatic rings. The van der Waals surface area contributed by atoms with Gasteiger partial charge in [-0.05, 0) is 49.7 Å². The number of para-hydroxylation sites is 1. The van der Waals surface area contributed by atoms with Gasteiger partial charge in [0.25, 0.3) is 5.91 Å². The highest BCUT2D eigenvalue weighted by Crippen LogP contribution is 2.34. The van der Waals surface area contributed by atoms with Crippen molar-refractivity contribution < 1.29 is 28.7 Å². The van der Waals surface area contributed by atoms with Crippen molar-refractivity contribution in [3.05, 3.63) is 35.0 Å². The first-order valence-corrected chi connectivity index (χ1v) is 14.5. The number of benzene rings is 1. The highest BCUT2D eigenvalue weighted by molar-refractivity contribution is 6.35. The summed E-state index contributed by atoms with van der Waals surface area (Å²) >= 11 is 6.24. The topological polar surface area (TPSA) is 172 Å². The first-order chi connectivity index (χ1) is 19.5. The zero-order valence-electron chi connectivity index (χ0n) is 23.3. The number of piperidine rings is 1. The summed E-state index contributed by atoms with van der Waals surface area (Å²) in [5.74, 6) is -2.88. The Labute approximate surface area is 243 Å². The van der Waals surface area contributed by atoms with Crippen LogP contribution in [0.1, 0.15) is 62.9 Å². The lowest BCUT2D eigenvalue weighted by molar-refractivity contribution is -0.151. The molecule has 0 spiro atoms. The molecule has 2 fully saturated rings. The molecule has 1 saturated heterocycles. The van der Waals surface area contributed by atoms with E-state index in [1.807, 2.05) is 6.07 Å². The van der Waals surface area contributed by atoms with Gasteiger partial charge in [-0.3, -0.25) is 24.0 Å². The van der Waals surface area contributed by atoms with Crippen molar-refractivity contribution in [1.82, 2.24) is 20.9 Å². The minimum atomic E-state index is -1.09. The van der Waals surface area contributed by atoms with Crippen molar-refractivity contribution in [2.24, 2.45) is 23.5 Å². The number of halogens is 1. The zero-order chi connectivity index (χ0) is 29.7. The molecule has 0 radical (unpaired) electrons. The number of Topliss-reactive ketones (excluding diaryl/α,β-unsaturated/α-hetero) is 1. The number of aromatic amines is 1. The van der Waals surface area contributed by atoms with Crippen LogP contribution in [0.2, 0.25) is 5.02 Å². The standard InChI is InChI=1S/C29H38ClN5O6/c1-15(2)24(31)29(40)41-14-23(36)20(13-18-6-4-10-32-26(18)37)34-27(38)21(11-16-8-9-16)35-28(39)22-12-17-5-3-7-19(30)25(17)33-22/h3,5,7,12,15-16,18,20-21,24,33H,4,6,8-11,13-14,31H2,1-2H3,(H,32,37)(H,34,38)(H,35,39)/t18-,20-,21-,24?/m0/s1. The molecule has 1 aromatic heterocycles. The third-order valence-electron chi connectivity index (χ3n) is 7.71. The van der Waals surface area contributed by atoms with Crippen LogP contribution in [0.5, 0.6) is 0 Å². The normalized spacial score (nSPS) is 19.2. The first-order valence-electron chi connectivity index (χ1n) is 14.1. The maximum absolute atomic E-state index is 13.5. The van der Waals surface area contributed by atoms with Crippen molar-refractivity contribution >= 4 is 52.0 Å². The molecule has 4 atom stereocenters. The van der Waals surface area contributed by atoms with Gasteiger partial charge >= 0.3 is 5.97 Å². The SMILES string of the molecule is CC(C)C(N)C(=O)OCC(=O)[C@H](C[C@@H]1CCCNC1=O)NC(=O)[C@H](CC1CC1)NC(=O)c1cc2cccc(Cl)c2[nH]1. The highest BCUT2D eigenvalue weighted by atomic mass is 35.5. The van der Waals surface area contributed by atoms with Gasteiger partial charge in [0.05, 0.1) is 16.6 Å². The minimum absolute atomic E-state index is 0.0504. The highest BCUT2D eigenvalue weighted by Gasteiger charge is 2.35. The number of ketones is 1. The summed E-state index contributed by atoms with van der Waals surface area (Å²) in [6, 6.07) is 4.07. The number of amides is 3. The predicted molar refractivity (Wildman–Crippen MR) is 153 cm³/mol. The van der Waals surface area contributed by atoms with Crippen LogP contribution in [0.15, 0.2) is 24.3 Å². The number of H-pyrrole nitrogens is 1. The van der Waals surface area contributed by atoms with Crippen LogP contribution in [0, 0.1) is 17.8 Å². The summed E-state index contributed by atoms with van der Waals surface area (Å²) in [4.78, 5) is 67.6. The number of carbonyl (C=O) groups excluding carboxylic acids is 5. The monoisotopic (exact) mass is 587 g/mol. The number of fused-ring (bicyclic) bond motifs is 1. The Balaban J connectivity index is 1.47. The summed E-state index contributed by atoms with van der Waals surface area (Å²) < 4.78 is 5.15. The number of ether oxygens (including phenoxy) is 1. The molecular weight excluding hydrogens is 550 g/mol. The van der Waals surface area contributed by atoms with Crippen LogP contribution < -0.4 is 21.7 Å². The number of nitrogens with one attached hydrogen (secondary N) is 4. The average Bonchev–Trinajstić information content (AvgIpc) is 3.65. The summed E-state index contributed by atoms with van der Waals surface area (Å²) in [6.45, 7) is 3.49. The van der Waals surface area contributed by atoms with E-state index in [4.69, 9.17) is 22.1 Å². The van der Waals surface area contributed by atoms with Crippen LogP contribution >= 0.6 is 11.6 Å². The van der Waals surface area contributed by atoms with E-state index in [0.717, 1.165) is 24.6 Å². The molecule has 2 aliphatic rings. The van der Waals surface area contributed by atoms with E-state index >= 15 is 0 Å². The predicted octanol–water partition coefficient (Wildman–Crippen LogP) is 2.22. The molecule has 1 aromatic carbocycles. The van der Waals surface area contributed by atoms with Crippen LogP contribution in [0.25, 0.3) is 10.9 Å². The van der Waals surface area contributed by atoms with Crippen LogP contribution in [0.4, 0.5) is 0 Å². The fourth-order valence-electron chi connectivity index (χ4n) is 4.90. The van der Waals surface area contributed by atoms with Gasteiger partial charge in [0, 0.05) is 17.8 Å².